The van der Waals surface area contributed by atoms with Gasteiger partial charge in [-0.05, 0) is 44.9 Å². The summed E-state index contributed by atoms with van der Waals surface area (Å²) in [4.78, 5) is 6.62. The van der Waals surface area contributed by atoms with Gasteiger partial charge in [0.05, 0.1) is 18.9 Å². The molecule has 6 nitrogen and oxygen atoms in total. The first-order valence-corrected chi connectivity index (χ1v) is 9.58. The lowest BCUT2D eigenvalue weighted by Crippen LogP contribution is -2.45. The van der Waals surface area contributed by atoms with Crippen LogP contribution in [0.15, 0.2) is 23.2 Å². The van der Waals surface area contributed by atoms with Gasteiger partial charge in [0, 0.05) is 44.4 Å². The summed E-state index contributed by atoms with van der Waals surface area (Å²) in [7, 11) is 3.49. The van der Waals surface area contributed by atoms with Crippen molar-refractivity contribution < 1.29 is 9.47 Å². The highest BCUT2D eigenvalue weighted by molar-refractivity contribution is 6.30. The summed E-state index contributed by atoms with van der Waals surface area (Å²) in [5.74, 6) is 1.68. The van der Waals surface area contributed by atoms with Crippen LogP contribution in [-0.4, -0.2) is 58.5 Å². The molecule has 0 aliphatic carbocycles. The van der Waals surface area contributed by atoms with Crippen molar-refractivity contribution in [2.75, 3.05) is 45.3 Å². The molecule has 1 aromatic rings. The Morgan fingerprint density at radius 3 is 2.92 bits per heavy atom. The number of nitrogens with zero attached hydrogens (tertiary/aromatic N) is 2. The first-order chi connectivity index (χ1) is 12.5. The van der Waals surface area contributed by atoms with E-state index in [9.17, 15) is 0 Å². The van der Waals surface area contributed by atoms with Crippen molar-refractivity contribution in [2.45, 2.75) is 38.8 Å². The number of guanidine groups is 1. The summed E-state index contributed by atoms with van der Waals surface area (Å²) >= 11 is 6.16. The molecular weight excluding hydrogens is 352 g/mol. The molecule has 7 heteroatoms. The molecule has 1 atom stereocenters. The van der Waals surface area contributed by atoms with Crippen molar-refractivity contribution in [3.05, 3.63) is 23.2 Å². The van der Waals surface area contributed by atoms with E-state index >= 15 is 0 Å². The average Bonchev–Trinajstić information content (AvgIpc) is 3.08. The maximum atomic E-state index is 6.16. The zero-order chi connectivity index (χ0) is 18.9. The molecule has 1 fully saturated rings. The molecule has 0 spiro atoms. The Kier molecular flexibility index (Phi) is 8.32. The van der Waals surface area contributed by atoms with Gasteiger partial charge in [-0.2, -0.15) is 0 Å². The average molecular weight is 383 g/mol. The van der Waals surface area contributed by atoms with E-state index in [1.807, 2.05) is 18.2 Å². The Morgan fingerprint density at radius 1 is 1.42 bits per heavy atom. The number of aliphatic imine (C=N–C) groups is 1. The molecule has 2 rings (SSSR count). The minimum absolute atomic E-state index is 0.278. The Bertz CT molecular complexity index is 595. The van der Waals surface area contributed by atoms with Crippen molar-refractivity contribution in [2.24, 2.45) is 4.99 Å². The summed E-state index contributed by atoms with van der Waals surface area (Å²) in [5.41, 5.74) is 1.04. The van der Waals surface area contributed by atoms with E-state index in [0.717, 1.165) is 61.5 Å². The first-order valence-electron chi connectivity index (χ1n) is 9.20. The fourth-order valence-electron chi connectivity index (χ4n) is 2.99. The number of methoxy groups -OCH3 is 1. The van der Waals surface area contributed by atoms with E-state index in [-0.39, 0.29) is 6.10 Å². The Balaban J connectivity index is 1.81. The third-order valence-corrected chi connectivity index (χ3v) is 4.53. The zero-order valence-electron chi connectivity index (χ0n) is 16.2. The molecule has 0 aromatic heterocycles. The van der Waals surface area contributed by atoms with Gasteiger partial charge in [-0.15, -0.1) is 0 Å². The minimum Gasteiger partial charge on any atom is -0.495 e. The van der Waals surface area contributed by atoms with Crippen LogP contribution < -0.4 is 20.3 Å². The lowest BCUT2D eigenvalue weighted by Gasteiger charge is -2.22. The molecule has 1 aromatic carbocycles. The second kappa shape index (κ2) is 10.5. The summed E-state index contributed by atoms with van der Waals surface area (Å²) in [6.07, 6.45) is 2.27. The van der Waals surface area contributed by atoms with E-state index in [1.165, 1.54) is 0 Å². The van der Waals surface area contributed by atoms with Crippen LogP contribution in [0.4, 0.5) is 5.69 Å². The van der Waals surface area contributed by atoms with Gasteiger partial charge in [0.15, 0.2) is 5.96 Å². The summed E-state index contributed by atoms with van der Waals surface area (Å²) < 4.78 is 11.0. The maximum Gasteiger partial charge on any atom is 0.191 e. The van der Waals surface area contributed by atoms with Crippen LogP contribution in [-0.2, 0) is 4.74 Å². The zero-order valence-corrected chi connectivity index (χ0v) is 17.0. The molecule has 1 heterocycles. The van der Waals surface area contributed by atoms with Crippen molar-refractivity contribution >= 4 is 23.2 Å². The van der Waals surface area contributed by atoms with E-state index in [1.54, 1.807) is 14.2 Å². The van der Waals surface area contributed by atoms with Crippen LogP contribution in [0.2, 0.25) is 5.02 Å². The molecule has 2 N–H and O–H groups in total. The van der Waals surface area contributed by atoms with Crippen LogP contribution in [0.25, 0.3) is 0 Å². The number of nitrogens with one attached hydrogen (secondary N) is 2. The molecule has 0 radical (unpaired) electrons. The quantitative estimate of drug-likeness (QED) is 0.411. The van der Waals surface area contributed by atoms with E-state index in [4.69, 9.17) is 21.1 Å². The Morgan fingerprint density at radius 2 is 2.23 bits per heavy atom. The number of benzene rings is 1. The highest BCUT2D eigenvalue weighted by atomic mass is 35.5. The lowest BCUT2D eigenvalue weighted by atomic mass is 10.2. The molecular formula is C19H31ClN4O2. The normalized spacial score (nSPS) is 17.7. The van der Waals surface area contributed by atoms with Crippen LogP contribution in [0.5, 0.6) is 5.75 Å². The number of ether oxygens (including phenoxy) is 2. The maximum absolute atomic E-state index is 6.16. The third-order valence-electron chi connectivity index (χ3n) is 4.30. The first kappa shape index (κ1) is 20.6. The predicted octanol–water partition coefficient (Wildman–Crippen LogP) is 2.91. The standard InChI is InChI=1S/C19H31ClN4O2/c1-14(2)26-11-5-9-22-19(21-3)23-16-8-10-24(13-16)17-12-15(20)6-7-18(17)25-4/h6-7,12,14,16H,5,8-11,13H2,1-4H3,(H2,21,22,23). The highest BCUT2D eigenvalue weighted by Gasteiger charge is 2.25. The van der Waals surface area contributed by atoms with Crippen LogP contribution >= 0.6 is 11.6 Å². The molecule has 26 heavy (non-hydrogen) atoms. The SMILES string of the molecule is CN=C(NCCCOC(C)C)NC1CCN(c2cc(Cl)ccc2OC)C1. The van der Waals surface area contributed by atoms with Gasteiger partial charge < -0.3 is 25.0 Å². The number of rotatable bonds is 8. The summed E-state index contributed by atoms with van der Waals surface area (Å²) in [5, 5.41) is 7.57. The van der Waals surface area contributed by atoms with Gasteiger partial charge in [0.1, 0.15) is 5.75 Å². The van der Waals surface area contributed by atoms with Gasteiger partial charge in [0.25, 0.3) is 0 Å². The van der Waals surface area contributed by atoms with Crippen LogP contribution in [0.1, 0.15) is 26.7 Å². The van der Waals surface area contributed by atoms with Crippen LogP contribution in [0, 0.1) is 0 Å². The van der Waals surface area contributed by atoms with Gasteiger partial charge in [-0.3, -0.25) is 4.99 Å². The largest absolute Gasteiger partial charge is 0.495 e. The molecule has 1 aliphatic heterocycles. The predicted molar refractivity (Wildman–Crippen MR) is 109 cm³/mol. The molecule has 1 saturated heterocycles. The third kappa shape index (κ3) is 6.25. The smallest absolute Gasteiger partial charge is 0.191 e. The van der Waals surface area contributed by atoms with E-state index < -0.39 is 0 Å². The summed E-state index contributed by atoms with van der Waals surface area (Å²) in [6.45, 7) is 7.53. The minimum atomic E-state index is 0.278. The molecule has 1 aliphatic rings. The van der Waals surface area contributed by atoms with Crippen molar-refractivity contribution in [3.8, 4) is 5.75 Å². The lowest BCUT2D eigenvalue weighted by molar-refractivity contribution is 0.0776. The highest BCUT2D eigenvalue weighted by Crippen LogP contribution is 2.33. The molecule has 1 unspecified atom stereocenters. The number of halogens is 1. The van der Waals surface area contributed by atoms with E-state index in [2.05, 4.69) is 34.4 Å². The van der Waals surface area contributed by atoms with Gasteiger partial charge in [-0.25, -0.2) is 0 Å². The van der Waals surface area contributed by atoms with Crippen LogP contribution in [0.3, 0.4) is 0 Å². The van der Waals surface area contributed by atoms with Crippen molar-refractivity contribution in [3.63, 3.8) is 0 Å². The van der Waals surface area contributed by atoms with Gasteiger partial charge in [0.2, 0.25) is 0 Å². The Labute approximate surface area is 161 Å². The van der Waals surface area contributed by atoms with Crippen molar-refractivity contribution in [1.82, 2.24) is 10.6 Å². The van der Waals surface area contributed by atoms with Crippen molar-refractivity contribution in [1.29, 1.82) is 0 Å². The van der Waals surface area contributed by atoms with Gasteiger partial charge in [-0.1, -0.05) is 11.6 Å². The second-order valence-corrected chi connectivity index (χ2v) is 7.10. The molecule has 0 amide bonds. The summed E-state index contributed by atoms with van der Waals surface area (Å²) in [6, 6.07) is 6.06. The molecule has 146 valence electrons. The van der Waals surface area contributed by atoms with E-state index in [0.29, 0.717) is 6.04 Å². The number of hydrogen-bond acceptors (Lipinski definition) is 4. The van der Waals surface area contributed by atoms with Gasteiger partial charge >= 0.3 is 0 Å². The molecule has 0 saturated carbocycles. The second-order valence-electron chi connectivity index (χ2n) is 6.66. The topological polar surface area (TPSA) is 58.1 Å². The number of anilines is 1. The fraction of sp³-hybridized carbons (Fsp3) is 0.632. The monoisotopic (exact) mass is 382 g/mol. The Hall–Kier alpha value is -1.66. The fourth-order valence-corrected chi connectivity index (χ4v) is 3.16. The number of hydrogen-bond donors (Lipinski definition) is 2. The molecule has 0 bridgehead atoms.